The molecule has 2 aliphatic heterocycles. The quantitative estimate of drug-likeness (QED) is 0.244. The lowest BCUT2D eigenvalue weighted by Gasteiger charge is -2.21. The van der Waals surface area contributed by atoms with Crippen molar-refractivity contribution < 1.29 is 74.0 Å². The number of esters is 5. The Morgan fingerprint density at radius 1 is 0.775 bits per heavy atom. The molecule has 1 saturated carbocycles. The Balaban J connectivity index is 0.000000300. The van der Waals surface area contributed by atoms with Gasteiger partial charge < -0.3 is 23.7 Å². The van der Waals surface area contributed by atoms with E-state index >= 15 is 0 Å². The second kappa shape index (κ2) is 15.1. The molecule has 3 fully saturated rings. The smallest absolute Gasteiger partial charge is 0.377 e. The van der Waals surface area contributed by atoms with E-state index in [-0.39, 0.29) is 38.6 Å². The largest absolute Gasteiger partial charge is 0.463 e. The minimum atomic E-state index is -3.57. The highest BCUT2D eigenvalue weighted by Gasteiger charge is 2.40. The van der Waals surface area contributed by atoms with E-state index < -0.39 is 59.8 Å². The summed E-state index contributed by atoms with van der Waals surface area (Å²) in [4.78, 5) is 53.1. The van der Waals surface area contributed by atoms with Gasteiger partial charge in [0.05, 0.1) is 19.6 Å². The van der Waals surface area contributed by atoms with Crippen molar-refractivity contribution in [3.8, 4) is 0 Å². The number of cyclic esters (lactones) is 2. The summed E-state index contributed by atoms with van der Waals surface area (Å²) in [5, 5.41) is 0. The van der Waals surface area contributed by atoms with Crippen LogP contribution >= 0.6 is 0 Å². The van der Waals surface area contributed by atoms with Crippen molar-refractivity contribution in [1.82, 2.24) is 0 Å². The van der Waals surface area contributed by atoms with Gasteiger partial charge in [0.15, 0.2) is 0 Å². The SMILES string of the molecule is CC(F)(F)C(=O)OC1CCOC1=O.CC(F)(F)C(=O)OC1COC(=O)C1.CC(F)(F)C(=O)OCC1CCCCC1. The number of halogens is 6. The summed E-state index contributed by atoms with van der Waals surface area (Å²) in [6, 6.07) is 0. The second-order valence-corrected chi connectivity index (χ2v) is 9.53. The highest BCUT2D eigenvalue weighted by atomic mass is 19.3. The molecule has 2 atom stereocenters. The number of carbonyl (C=O) groups excluding carboxylic acids is 5. The van der Waals surface area contributed by atoms with E-state index in [1.54, 1.807) is 0 Å². The molecule has 3 rings (SSSR count). The van der Waals surface area contributed by atoms with Crippen molar-refractivity contribution in [2.75, 3.05) is 19.8 Å². The van der Waals surface area contributed by atoms with E-state index in [4.69, 9.17) is 0 Å². The molecule has 0 spiro atoms. The van der Waals surface area contributed by atoms with Crippen LogP contribution in [-0.4, -0.2) is 79.6 Å². The Bertz CT molecular complexity index is 888. The number of hydrogen-bond donors (Lipinski definition) is 0. The first-order chi connectivity index (χ1) is 18.3. The maximum absolute atomic E-state index is 12.4. The van der Waals surface area contributed by atoms with Gasteiger partial charge in [-0.15, -0.1) is 0 Å². The lowest BCUT2D eigenvalue weighted by molar-refractivity contribution is -0.178. The van der Waals surface area contributed by atoms with Gasteiger partial charge in [-0.25, -0.2) is 19.2 Å². The zero-order valence-electron chi connectivity index (χ0n) is 22.2. The highest BCUT2D eigenvalue weighted by Crippen LogP contribution is 2.25. The molecule has 230 valence electrons. The normalized spacial score (nSPS) is 21.5. The maximum atomic E-state index is 12.4. The fraction of sp³-hybridized carbons (Fsp3) is 0.792. The molecule has 3 aliphatic rings. The molecule has 0 radical (unpaired) electrons. The van der Waals surface area contributed by atoms with Gasteiger partial charge in [-0.1, -0.05) is 19.3 Å². The molecular weight excluding hydrogens is 562 g/mol. The fourth-order valence-corrected chi connectivity index (χ4v) is 3.31. The first kappa shape index (κ1) is 35.0. The summed E-state index contributed by atoms with van der Waals surface area (Å²) in [6.45, 7) is 1.54. The van der Waals surface area contributed by atoms with Crippen LogP contribution in [0.5, 0.6) is 0 Å². The third-order valence-corrected chi connectivity index (χ3v) is 5.48. The molecule has 0 amide bonds. The summed E-state index contributed by atoms with van der Waals surface area (Å²) >= 11 is 0. The summed E-state index contributed by atoms with van der Waals surface area (Å²) in [6.07, 6.45) is 3.36. The molecule has 1 aliphatic carbocycles. The third-order valence-electron chi connectivity index (χ3n) is 5.48. The van der Waals surface area contributed by atoms with E-state index in [2.05, 4.69) is 23.7 Å². The summed E-state index contributed by atoms with van der Waals surface area (Å²) < 4.78 is 95.8. The van der Waals surface area contributed by atoms with Crippen LogP contribution in [0, 0.1) is 5.92 Å². The predicted octanol–water partition coefficient (Wildman–Crippen LogP) is 3.77. The topological polar surface area (TPSA) is 132 Å². The van der Waals surface area contributed by atoms with E-state index in [9.17, 15) is 50.3 Å². The van der Waals surface area contributed by atoms with Crippen LogP contribution in [-0.2, 0) is 47.7 Å². The summed E-state index contributed by atoms with van der Waals surface area (Å²) in [5.74, 6) is -16.2. The maximum Gasteiger partial charge on any atom is 0.377 e. The van der Waals surface area contributed by atoms with Gasteiger partial charge in [0, 0.05) is 27.2 Å². The van der Waals surface area contributed by atoms with E-state index in [1.165, 1.54) is 6.42 Å². The standard InChI is InChI=1S/C10H16F2O2.2C7H8F2O4/c1-10(11,12)9(13)14-7-8-5-3-2-4-6-8;1-7(8,9)6(11)13-4-2-5(10)12-3-4;1-7(8,9)6(11)13-4-2-3-12-5(4)10/h8H,2-7H2,1H3;2*4H,2-3H2,1H3. The van der Waals surface area contributed by atoms with Crippen LogP contribution in [0.4, 0.5) is 26.3 Å². The summed E-state index contributed by atoms with van der Waals surface area (Å²) in [7, 11) is 0. The van der Waals surface area contributed by atoms with Gasteiger partial charge in [0.25, 0.3) is 0 Å². The molecule has 16 heteroatoms. The van der Waals surface area contributed by atoms with Gasteiger partial charge in [-0.2, -0.15) is 26.3 Å². The van der Waals surface area contributed by atoms with Crippen LogP contribution in [0.15, 0.2) is 0 Å². The van der Waals surface area contributed by atoms with Gasteiger partial charge in [0.1, 0.15) is 12.7 Å². The Labute approximate surface area is 225 Å². The molecule has 0 bridgehead atoms. The van der Waals surface area contributed by atoms with Crippen molar-refractivity contribution in [1.29, 1.82) is 0 Å². The van der Waals surface area contributed by atoms with Crippen LogP contribution < -0.4 is 0 Å². The van der Waals surface area contributed by atoms with E-state index in [0.717, 1.165) is 25.7 Å². The average Bonchev–Trinajstić information content (AvgIpc) is 3.44. The van der Waals surface area contributed by atoms with E-state index in [1.807, 2.05) is 0 Å². The van der Waals surface area contributed by atoms with Gasteiger partial charge in [-0.05, 0) is 18.8 Å². The minimum Gasteiger partial charge on any atom is -0.463 e. The lowest BCUT2D eigenvalue weighted by atomic mass is 9.90. The van der Waals surface area contributed by atoms with Gasteiger partial charge in [-0.3, -0.25) is 4.79 Å². The average molecular weight is 594 g/mol. The Morgan fingerprint density at radius 3 is 1.73 bits per heavy atom. The van der Waals surface area contributed by atoms with Crippen molar-refractivity contribution in [3.05, 3.63) is 0 Å². The molecule has 0 aromatic rings. The molecule has 2 heterocycles. The molecule has 10 nitrogen and oxygen atoms in total. The Kier molecular flexibility index (Phi) is 13.2. The molecule has 2 unspecified atom stereocenters. The molecule has 0 aromatic carbocycles. The molecule has 0 N–H and O–H groups in total. The summed E-state index contributed by atoms with van der Waals surface area (Å²) in [5.41, 5.74) is 0. The minimum absolute atomic E-state index is 0.103. The first-order valence-corrected chi connectivity index (χ1v) is 12.4. The number of alkyl halides is 6. The van der Waals surface area contributed by atoms with E-state index in [0.29, 0.717) is 20.8 Å². The van der Waals surface area contributed by atoms with Crippen molar-refractivity contribution in [2.24, 2.45) is 5.92 Å². The highest BCUT2D eigenvalue weighted by molar-refractivity contribution is 5.83. The lowest BCUT2D eigenvalue weighted by Crippen LogP contribution is -2.33. The third kappa shape index (κ3) is 13.3. The zero-order valence-corrected chi connectivity index (χ0v) is 22.2. The van der Waals surface area contributed by atoms with Crippen LogP contribution in [0.3, 0.4) is 0 Å². The molecule has 0 aromatic heterocycles. The zero-order chi connectivity index (χ0) is 30.7. The van der Waals surface area contributed by atoms with Crippen molar-refractivity contribution >= 4 is 29.8 Å². The molecular formula is C24H32F6O10. The van der Waals surface area contributed by atoms with Crippen molar-refractivity contribution in [3.63, 3.8) is 0 Å². The van der Waals surface area contributed by atoms with Crippen LogP contribution in [0.1, 0.15) is 65.7 Å². The number of carbonyl (C=O) groups is 5. The van der Waals surface area contributed by atoms with Crippen LogP contribution in [0.25, 0.3) is 0 Å². The number of hydrogen-bond acceptors (Lipinski definition) is 10. The van der Waals surface area contributed by atoms with Crippen molar-refractivity contribution in [2.45, 2.75) is 95.7 Å². The predicted molar refractivity (Wildman–Crippen MR) is 120 cm³/mol. The Morgan fingerprint density at radius 2 is 1.30 bits per heavy atom. The van der Waals surface area contributed by atoms with Gasteiger partial charge in [0.2, 0.25) is 6.10 Å². The fourth-order valence-electron chi connectivity index (χ4n) is 3.31. The number of rotatable bonds is 7. The first-order valence-electron chi connectivity index (χ1n) is 12.4. The van der Waals surface area contributed by atoms with Crippen LogP contribution in [0.2, 0.25) is 0 Å². The van der Waals surface area contributed by atoms with Gasteiger partial charge >= 0.3 is 47.6 Å². The molecule has 2 saturated heterocycles. The second-order valence-electron chi connectivity index (χ2n) is 9.53. The Hall–Kier alpha value is -3.07. The number of ether oxygens (including phenoxy) is 5. The molecule has 40 heavy (non-hydrogen) atoms. The monoisotopic (exact) mass is 594 g/mol.